The van der Waals surface area contributed by atoms with E-state index in [1.807, 2.05) is 24.3 Å². The molecule has 2 aromatic carbocycles. The minimum Gasteiger partial charge on any atom is -0.493 e. The first-order chi connectivity index (χ1) is 16.1. The van der Waals surface area contributed by atoms with Crippen LogP contribution >= 0.6 is 19.6 Å². The third-order valence-corrected chi connectivity index (χ3v) is 6.50. The Bertz CT molecular complexity index is 999. The molecule has 0 fully saturated rings. The van der Waals surface area contributed by atoms with E-state index in [-0.39, 0.29) is 11.7 Å². The number of ether oxygens (including phenoxy) is 1. The molecule has 3 aromatic rings. The van der Waals surface area contributed by atoms with Crippen LogP contribution in [0.15, 0.2) is 60.7 Å². The molecule has 0 bridgehead atoms. The average Bonchev–Trinajstić information content (AvgIpc) is 3.25. The lowest BCUT2D eigenvalue weighted by atomic mass is 10.1. The first kappa shape index (κ1) is 25.6. The SMILES string of the molecule is O=[PH](O)OCCCNCc1ccc(OCCCCCc2ccccc2)c(-c2ccc(F)s2)c1. The molecule has 8 heteroatoms. The number of thiophene rings is 1. The smallest absolute Gasteiger partial charge is 0.316 e. The van der Waals surface area contributed by atoms with Gasteiger partial charge in [-0.3, -0.25) is 4.57 Å². The van der Waals surface area contributed by atoms with Crippen molar-refractivity contribution in [2.45, 2.75) is 38.6 Å². The summed E-state index contributed by atoms with van der Waals surface area (Å²) in [7, 11) is -2.86. The molecule has 0 saturated carbocycles. The molecule has 0 spiro atoms. The summed E-state index contributed by atoms with van der Waals surface area (Å²) in [4.78, 5) is 9.51. The second-order valence-corrected chi connectivity index (χ2v) is 9.58. The Morgan fingerprint density at radius 1 is 0.939 bits per heavy atom. The molecule has 5 nitrogen and oxygen atoms in total. The molecular weight excluding hydrogens is 460 g/mol. The Balaban J connectivity index is 1.49. The van der Waals surface area contributed by atoms with Crippen molar-refractivity contribution in [3.8, 4) is 16.2 Å². The van der Waals surface area contributed by atoms with Crippen LogP contribution in [-0.2, 0) is 22.1 Å². The number of hydrogen-bond donors (Lipinski definition) is 2. The van der Waals surface area contributed by atoms with Crippen molar-refractivity contribution in [1.29, 1.82) is 0 Å². The zero-order valence-electron chi connectivity index (χ0n) is 18.6. The molecule has 0 saturated heterocycles. The summed E-state index contributed by atoms with van der Waals surface area (Å²) >= 11 is 1.11. The largest absolute Gasteiger partial charge is 0.493 e. The van der Waals surface area contributed by atoms with Crippen molar-refractivity contribution >= 4 is 19.6 Å². The Hall–Kier alpha value is -2.02. The van der Waals surface area contributed by atoms with Crippen molar-refractivity contribution in [3.63, 3.8) is 0 Å². The van der Waals surface area contributed by atoms with Crippen LogP contribution in [-0.4, -0.2) is 24.7 Å². The Morgan fingerprint density at radius 3 is 2.55 bits per heavy atom. The number of benzene rings is 2. The quantitative estimate of drug-likeness (QED) is 0.195. The molecule has 0 aliphatic rings. The number of nitrogens with one attached hydrogen (secondary N) is 1. The van der Waals surface area contributed by atoms with Gasteiger partial charge in [-0.2, -0.15) is 4.39 Å². The first-order valence-electron chi connectivity index (χ1n) is 11.2. The van der Waals surface area contributed by atoms with Gasteiger partial charge in [0.05, 0.1) is 13.2 Å². The third-order valence-electron chi connectivity index (χ3n) is 5.15. The van der Waals surface area contributed by atoms with Crippen LogP contribution in [0, 0.1) is 5.13 Å². The standard InChI is InChI=1S/C25H31FNO4PS/c26-25-14-13-24(33-25)22-18-21(19-27-15-7-17-31-32(28)29)11-12-23(22)30-16-6-2-5-10-20-8-3-1-4-9-20/h1,3-4,8-9,11-14,18,27,32H,2,5-7,10,15-17,19H2,(H,28,29). The fourth-order valence-corrected chi connectivity index (χ4v) is 4.56. The zero-order valence-corrected chi connectivity index (χ0v) is 20.4. The summed E-state index contributed by atoms with van der Waals surface area (Å²) in [6.07, 6.45) is 4.91. The van der Waals surface area contributed by atoms with Gasteiger partial charge in [0.15, 0.2) is 5.13 Å². The molecule has 33 heavy (non-hydrogen) atoms. The summed E-state index contributed by atoms with van der Waals surface area (Å²) in [6.45, 7) is 2.18. The van der Waals surface area contributed by atoms with Crippen LogP contribution in [0.3, 0.4) is 0 Å². The number of halogens is 1. The molecule has 0 aliphatic heterocycles. The van der Waals surface area contributed by atoms with Gasteiger partial charge in [0, 0.05) is 17.0 Å². The zero-order chi connectivity index (χ0) is 23.3. The van der Waals surface area contributed by atoms with Crippen molar-refractivity contribution in [3.05, 3.63) is 76.9 Å². The molecule has 178 valence electrons. The third kappa shape index (κ3) is 9.40. The van der Waals surface area contributed by atoms with E-state index in [2.05, 4.69) is 34.1 Å². The molecule has 1 atom stereocenters. The fraction of sp³-hybridized carbons (Fsp3) is 0.360. The van der Waals surface area contributed by atoms with Gasteiger partial charge in [-0.15, -0.1) is 11.3 Å². The van der Waals surface area contributed by atoms with Gasteiger partial charge in [-0.25, -0.2) is 0 Å². The van der Waals surface area contributed by atoms with E-state index < -0.39 is 8.25 Å². The maximum Gasteiger partial charge on any atom is 0.316 e. The topological polar surface area (TPSA) is 67.8 Å². The van der Waals surface area contributed by atoms with Gasteiger partial charge in [-0.1, -0.05) is 36.4 Å². The predicted molar refractivity (Wildman–Crippen MR) is 133 cm³/mol. The Kier molecular flexibility index (Phi) is 11.1. The van der Waals surface area contributed by atoms with E-state index in [1.165, 1.54) is 11.6 Å². The maximum atomic E-state index is 13.7. The Morgan fingerprint density at radius 2 is 1.79 bits per heavy atom. The highest BCUT2D eigenvalue weighted by molar-refractivity contribution is 7.32. The minimum absolute atomic E-state index is 0.219. The van der Waals surface area contributed by atoms with Crippen LogP contribution < -0.4 is 10.1 Å². The van der Waals surface area contributed by atoms with Gasteiger partial charge in [-0.05, 0) is 74.0 Å². The summed E-state index contributed by atoms with van der Waals surface area (Å²) in [5.74, 6) is 0.769. The summed E-state index contributed by atoms with van der Waals surface area (Å²) in [5.41, 5.74) is 3.32. The van der Waals surface area contributed by atoms with Gasteiger partial charge in [0.2, 0.25) is 0 Å². The van der Waals surface area contributed by atoms with Gasteiger partial charge >= 0.3 is 8.25 Å². The van der Waals surface area contributed by atoms with Crippen LogP contribution in [0.2, 0.25) is 0 Å². The minimum atomic E-state index is -2.86. The molecule has 0 amide bonds. The Labute approximate surface area is 199 Å². The lowest BCUT2D eigenvalue weighted by Crippen LogP contribution is -2.16. The maximum absolute atomic E-state index is 13.7. The molecule has 3 rings (SSSR count). The van der Waals surface area contributed by atoms with Gasteiger partial charge in [0.25, 0.3) is 0 Å². The molecule has 2 N–H and O–H groups in total. The van der Waals surface area contributed by atoms with E-state index in [4.69, 9.17) is 9.63 Å². The predicted octanol–water partition coefficient (Wildman–Crippen LogP) is 6.22. The average molecular weight is 492 g/mol. The summed E-state index contributed by atoms with van der Waals surface area (Å²) in [5, 5.41) is 3.08. The molecule has 0 aliphatic carbocycles. The van der Waals surface area contributed by atoms with E-state index in [1.54, 1.807) is 6.07 Å². The molecule has 1 unspecified atom stereocenters. The summed E-state index contributed by atoms with van der Waals surface area (Å²) < 4.78 is 35.0. The molecule has 0 radical (unpaired) electrons. The van der Waals surface area contributed by atoms with Gasteiger partial charge in [0.1, 0.15) is 5.75 Å². The van der Waals surface area contributed by atoms with Gasteiger partial charge < -0.3 is 19.5 Å². The van der Waals surface area contributed by atoms with E-state index >= 15 is 0 Å². The normalized spacial score (nSPS) is 12.1. The number of unbranched alkanes of at least 4 members (excludes halogenated alkanes) is 2. The number of rotatable bonds is 15. The second-order valence-electron chi connectivity index (χ2n) is 7.72. The van der Waals surface area contributed by atoms with Crippen molar-refractivity contribution < 1.29 is 23.1 Å². The molecule has 1 heterocycles. The lowest BCUT2D eigenvalue weighted by Gasteiger charge is -2.13. The molecule has 1 aromatic heterocycles. The molecular formula is C25H31FNO4PS. The van der Waals surface area contributed by atoms with Crippen molar-refractivity contribution in [2.75, 3.05) is 19.8 Å². The number of hydrogen-bond acceptors (Lipinski definition) is 5. The van der Waals surface area contributed by atoms with E-state index in [0.29, 0.717) is 26.1 Å². The first-order valence-corrected chi connectivity index (χ1v) is 13.3. The van der Waals surface area contributed by atoms with Crippen LogP contribution in [0.5, 0.6) is 5.75 Å². The number of aryl methyl sites for hydroxylation is 1. The van der Waals surface area contributed by atoms with E-state index in [0.717, 1.165) is 58.8 Å². The van der Waals surface area contributed by atoms with Crippen LogP contribution in [0.1, 0.15) is 36.8 Å². The van der Waals surface area contributed by atoms with E-state index in [9.17, 15) is 8.96 Å². The van der Waals surface area contributed by atoms with Crippen LogP contribution in [0.4, 0.5) is 4.39 Å². The monoisotopic (exact) mass is 491 g/mol. The van der Waals surface area contributed by atoms with Crippen molar-refractivity contribution in [2.24, 2.45) is 0 Å². The fourth-order valence-electron chi connectivity index (χ4n) is 3.49. The van der Waals surface area contributed by atoms with Crippen molar-refractivity contribution in [1.82, 2.24) is 5.32 Å². The highest BCUT2D eigenvalue weighted by Gasteiger charge is 2.11. The lowest BCUT2D eigenvalue weighted by molar-refractivity contribution is 0.276. The highest BCUT2D eigenvalue weighted by Crippen LogP contribution is 2.35. The second kappa shape index (κ2) is 14.3. The highest BCUT2D eigenvalue weighted by atomic mass is 32.1. The van der Waals surface area contributed by atoms with Crippen LogP contribution in [0.25, 0.3) is 10.4 Å². The summed E-state index contributed by atoms with van der Waals surface area (Å²) in [6, 6.07) is 19.8.